The smallest absolute Gasteiger partial charge is 0.320 e. The second-order valence-corrected chi connectivity index (χ2v) is 6.94. The van der Waals surface area contributed by atoms with Gasteiger partial charge in [-0.2, -0.15) is 0 Å². The van der Waals surface area contributed by atoms with Crippen LogP contribution in [0.3, 0.4) is 0 Å². The predicted octanol–water partition coefficient (Wildman–Crippen LogP) is 1.89. The quantitative estimate of drug-likeness (QED) is 0.500. The van der Waals surface area contributed by atoms with E-state index in [-0.39, 0.29) is 18.2 Å². The molecule has 1 aromatic carbocycles. The number of hydrogen-bond donors (Lipinski definition) is 4. The summed E-state index contributed by atoms with van der Waals surface area (Å²) in [4.78, 5) is 27.2. The van der Waals surface area contributed by atoms with E-state index in [1.54, 1.807) is 22.8 Å². The maximum Gasteiger partial charge on any atom is 0.320 e. The summed E-state index contributed by atoms with van der Waals surface area (Å²) in [6.07, 6.45) is 3.41. The van der Waals surface area contributed by atoms with E-state index in [0.29, 0.717) is 18.7 Å². The highest BCUT2D eigenvalue weighted by atomic mass is 16.4. The first-order valence-corrected chi connectivity index (χ1v) is 8.74. The highest BCUT2D eigenvalue weighted by Gasteiger charge is 2.27. The number of rotatable bonds is 10. The minimum Gasteiger partial charge on any atom is -0.508 e. The van der Waals surface area contributed by atoms with Crippen molar-refractivity contribution >= 4 is 11.9 Å². The van der Waals surface area contributed by atoms with Crippen molar-refractivity contribution in [1.29, 1.82) is 0 Å². The molecule has 2 rings (SSSR count). The molecule has 0 fully saturated rings. The number of aromatic hydroxyl groups is 1. The molecule has 8 heteroatoms. The van der Waals surface area contributed by atoms with Gasteiger partial charge in [0.15, 0.2) is 0 Å². The van der Waals surface area contributed by atoms with Gasteiger partial charge in [-0.15, -0.1) is 0 Å². The number of imidazole rings is 1. The standard InChI is InChI=1S/C19H25N3O5/c1-12(2)6-16(19(26)27)21-8-15(18(24)25)17-9-20-11-22(17)10-13-4-3-5-14(23)7-13/h3-5,7,9,11-12,15-16,21,23H,6,8,10H2,1-2H3,(H,24,25)(H,26,27). The Morgan fingerprint density at radius 3 is 2.56 bits per heavy atom. The number of phenols is 1. The Bertz CT molecular complexity index is 787. The summed E-state index contributed by atoms with van der Waals surface area (Å²) >= 11 is 0. The van der Waals surface area contributed by atoms with Crippen molar-refractivity contribution in [3.63, 3.8) is 0 Å². The molecule has 0 aliphatic rings. The van der Waals surface area contributed by atoms with Gasteiger partial charge in [0.05, 0.1) is 12.0 Å². The van der Waals surface area contributed by atoms with Crippen molar-refractivity contribution in [2.24, 2.45) is 5.92 Å². The second kappa shape index (κ2) is 9.18. The predicted molar refractivity (Wildman–Crippen MR) is 98.7 cm³/mol. The molecule has 8 nitrogen and oxygen atoms in total. The van der Waals surface area contributed by atoms with Crippen LogP contribution in [0, 0.1) is 5.92 Å². The van der Waals surface area contributed by atoms with Crippen molar-refractivity contribution < 1.29 is 24.9 Å². The lowest BCUT2D eigenvalue weighted by Crippen LogP contribution is -2.41. The van der Waals surface area contributed by atoms with Gasteiger partial charge in [-0.05, 0) is 30.0 Å². The van der Waals surface area contributed by atoms with Crippen molar-refractivity contribution in [3.8, 4) is 5.75 Å². The topological polar surface area (TPSA) is 125 Å². The number of carbonyl (C=O) groups is 2. The Kier molecular flexibility index (Phi) is 6.95. The van der Waals surface area contributed by atoms with Gasteiger partial charge < -0.3 is 25.2 Å². The van der Waals surface area contributed by atoms with E-state index >= 15 is 0 Å². The van der Waals surface area contributed by atoms with Gasteiger partial charge in [0, 0.05) is 19.3 Å². The van der Waals surface area contributed by atoms with Crippen LogP contribution in [0.25, 0.3) is 0 Å². The first-order chi connectivity index (χ1) is 12.8. The fourth-order valence-electron chi connectivity index (χ4n) is 2.93. The molecule has 2 unspecified atom stereocenters. The van der Waals surface area contributed by atoms with Crippen molar-refractivity contribution in [2.45, 2.75) is 38.8 Å². The van der Waals surface area contributed by atoms with Crippen LogP contribution >= 0.6 is 0 Å². The summed E-state index contributed by atoms with van der Waals surface area (Å²) in [6.45, 7) is 4.15. The molecule has 0 radical (unpaired) electrons. The summed E-state index contributed by atoms with van der Waals surface area (Å²) in [6, 6.07) is 5.88. The van der Waals surface area contributed by atoms with Crippen LogP contribution < -0.4 is 5.32 Å². The highest BCUT2D eigenvalue weighted by molar-refractivity contribution is 5.76. The van der Waals surface area contributed by atoms with E-state index in [1.807, 2.05) is 19.9 Å². The number of nitrogens with one attached hydrogen (secondary N) is 1. The summed E-state index contributed by atoms with van der Waals surface area (Å²) in [7, 11) is 0. The summed E-state index contributed by atoms with van der Waals surface area (Å²) in [5.74, 6) is -2.71. The normalized spacial score (nSPS) is 13.4. The zero-order chi connectivity index (χ0) is 20.0. The zero-order valence-electron chi connectivity index (χ0n) is 15.4. The summed E-state index contributed by atoms with van der Waals surface area (Å²) < 4.78 is 1.69. The van der Waals surface area contributed by atoms with Gasteiger partial charge in [-0.1, -0.05) is 26.0 Å². The van der Waals surface area contributed by atoms with Gasteiger partial charge in [0.2, 0.25) is 0 Å². The molecule has 0 bridgehead atoms. The minimum atomic E-state index is -1.06. The highest BCUT2D eigenvalue weighted by Crippen LogP contribution is 2.19. The Labute approximate surface area is 157 Å². The Hall–Kier alpha value is -2.87. The SMILES string of the molecule is CC(C)CC(NCC(C(=O)O)c1cncn1Cc1cccc(O)c1)C(=O)O. The van der Waals surface area contributed by atoms with Crippen LogP contribution in [-0.4, -0.2) is 49.4 Å². The lowest BCUT2D eigenvalue weighted by atomic mass is 10.0. The molecule has 0 spiro atoms. The van der Waals surface area contributed by atoms with Crippen molar-refractivity contribution in [3.05, 3.63) is 48.0 Å². The molecule has 0 saturated heterocycles. The van der Waals surface area contributed by atoms with Crippen LogP contribution in [0.4, 0.5) is 0 Å². The molecule has 2 aromatic rings. The number of benzene rings is 1. The zero-order valence-corrected chi connectivity index (χ0v) is 15.4. The monoisotopic (exact) mass is 375 g/mol. The summed E-state index contributed by atoms with van der Waals surface area (Å²) in [5, 5.41) is 31.4. The average molecular weight is 375 g/mol. The molecule has 27 heavy (non-hydrogen) atoms. The molecule has 1 aromatic heterocycles. The number of phenolic OH excluding ortho intramolecular Hbond substituents is 1. The molecule has 0 aliphatic carbocycles. The Balaban J connectivity index is 2.16. The molecule has 2 atom stereocenters. The van der Waals surface area contributed by atoms with Gasteiger partial charge in [-0.3, -0.25) is 9.59 Å². The third-order valence-corrected chi connectivity index (χ3v) is 4.24. The average Bonchev–Trinajstić information content (AvgIpc) is 3.01. The Morgan fingerprint density at radius 2 is 1.96 bits per heavy atom. The van der Waals surface area contributed by atoms with Crippen LogP contribution in [0.2, 0.25) is 0 Å². The molecular weight excluding hydrogens is 350 g/mol. The largest absolute Gasteiger partial charge is 0.508 e. The molecule has 0 saturated carbocycles. The van der Waals surface area contributed by atoms with E-state index in [4.69, 9.17) is 0 Å². The minimum absolute atomic E-state index is 0.0231. The maximum absolute atomic E-state index is 11.8. The fourth-order valence-corrected chi connectivity index (χ4v) is 2.93. The van der Waals surface area contributed by atoms with Gasteiger partial charge in [-0.25, -0.2) is 4.98 Å². The molecule has 0 amide bonds. The van der Waals surface area contributed by atoms with Crippen molar-refractivity contribution in [2.75, 3.05) is 6.54 Å². The molecular formula is C19H25N3O5. The van der Waals surface area contributed by atoms with E-state index < -0.39 is 23.9 Å². The number of aromatic nitrogens is 2. The first-order valence-electron chi connectivity index (χ1n) is 8.74. The van der Waals surface area contributed by atoms with Crippen LogP contribution in [0.15, 0.2) is 36.8 Å². The molecule has 4 N–H and O–H groups in total. The lowest BCUT2D eigenvalue weighted by molar-refractivity contribution is -0.142. The Morgan fingerprint density at radius 1 is 1.22 bits per heavy atom. The molecule has 1 heterocycles. The van der Waals surface area contributed by atoms with Crippen LogP contribution in [0.5, 0.6) is 5.75 Å². The van der Waals surface area contributed by atoms with Crippen LogP contribution in [-0.2, 0) is 16.1 Å². The van der Waals surface area contributed by atoms with Crippen molar-refractivity contribution in [1.82, 2.24) is 14.9 Å². The fraction of sp³-hybridized carbons (Fsp3) is 0.421. The third-order valence-electron chi connectivity index (χ3n) is 4.24. The van der Waals surface area contributed by atoms with Gasteiger partial charge in [0.1, 0.15) is 17.7 Å². The summed E-state index contributed by atoms with van der Waals surface area (Å²) in [5.41, 5.74) is 1.27. The number of hydrogen-bond acceptors (Lipinski definition) is 5. The number of nitrogens with zero attached hydrogens (tertiary/aromatic N) is 2. The van der Waals surface area contributed by atoms with E-state index in [9.17, 15) is 24.9 Å². The maximum atomic E-state index is 11.8. The third kappa shape index (κ3) is 5.82. The lowest BCUT2D eigenvalue weighted by Gasteiger charge is -2.20. The molecule has 146 valence electrons. The van der Waals surface area contributed by atoms with E-state index in [0.717, 1.165) is 5.56 Å². The number of aliphatic carboxylic acids is 2. The van der Waals surface area contributed by atoms with Gasteiger partial charge >= 0.3 is 11.9 Å². The van der Waals surface area contributed by atoms with Crippen LogP contribution in [0.1, 0.15) is 37.4 Å². The van der Waals surface area contributed by atoms with E-state index in [2.05, 4.69) is 10.3 Å². The second-order valence-electron chi connectivity index (χ2n) is 6.94. The van der Waals surface area contributed by atoms with E-state index in [1.165, 1.54) is 12.5 Å². The van der Waals surface area contributed by atoms with Gasteiger partial charge in [0.25, 0.3) is 0 Å². The number of carboxylic acid groups (broad SMARTS) is 2. The molecule has 0 aliphatic heterocycles. The first kappa shape index (κ1) is 20.4. The number of carboxylic acids is 2.